The van der Waals surface area contributed by atoms with Crippen molar-refractivity contribution < 1.29 is 4.79 Å². The molecule has 1 rings (SSSR count). The van der Waals surface area contributed by atoms with Crippen LogP contribution < -0.4 is 5.32 Å². The molecule has 1 aromatic rings. The predicted octanol–water partition coefficient (Wildman–Crippen LogP) is 3.73. The smallest absolute Gasteiger partial charge is 0.231 e. The van der Waals surface area contributed by atoms with Gasteiger partial charge in [-0.05, 0) is 38.6 Å². The highest BCUT2D eigenvalue weighted by Gasteiger charge is 2.27. The van der Waals surface area contributed by atoms with E-state index in [2.05, 4.69) is 30.1 Å². The number of hydrogen-bond donors (Lipinski definition) is 1. The summed E-state index contributed by atoms with van der Waals surface area (Å²) in [5.41, 5.74) is 1.45. The second-order valence-electron chi connectivity index (χ2n) is 5.59. The Labute approximate surface area is 127 Å². The lowest BCUT2D eigenvalue weighted by Crippen LogP contribution is -2.33. The number of rotatable bonds is 7. The zero-order valence-electron chi connectivity index (χ0n) is 12.9. The second-order valence-corrected chi connectivity index (χ2v) is 5.86. The molecule has 20 heavy (non-hydrogen) atoms. The van der Waals surface area contributed by atoms with Crippen molar-refractivity contribution in [1.82, 2.24) is 4.90 Å². The summed E-state index contributed by atoms with van der Waals surface area (Å²) >= 11 is 5.85. The summed E-state index contributed by atoms with van der Waals surface area (Å²) < 4.78 is 0. The fraction of sp³-hybridized carbons (Fsp3) is 0.562. The average molecular weight is 297 g/mol. The van der Waals surface area contributed by atoms with Gasteiger partial charge in [0.25, 0.3) is 0 Å². The van der Waals surface area contributed by atoms with E-state index in [4.69, 9.17) is 11.6 Å². The molecule has 1 amide bonds. The van der Waals surface area contributed by atoms with Crippen molar-refractivity contribution in [2.45, 2.75) is 34.2 Å². The number of nitrogens with one attached hydrogen (secondary N) is 1. The first kappa shape index (κ1) is 17.0. The van der Waals surface area contributed by atoms with Crippen LogP contribution in [0.5, 0.6) is 0 Å². The molecule has 4 heteroatoms. The normalized spacial score (nSPS) is 11.7. The fourth-order valence-corrected chi connectivity index (χ4v) is 1.94. The van der Waals surface area contributed by atoms with E-state index < -0.39 is 5.41 Å². The average Bonchev–Trinajstić information content (AvgIpc) is 2.46. The molecule has 0 saturated carbocycles. The highest BCUT2D eigenvalue weighted by atomic mass is 35.5. The van der Waals surface area contributed by atoms with Gasteiger partial charge in [-0.1, -0.05) is 32.0 Å². The lowest BCUT2D eigenvalue weighted by Gasteiger charge is -2.23. The zero-order valence-corrected chi connectivity index (χ0v) is 13.6. The Bertz CT molecular complexity index is 442. The van der Waals surface area contributed by atoms with Gasteiger partial charge in [-0.25, -0.2) is 0 Å². The summed E-state index contributed by atoms with van der Waals surface area (Å²) in [5, 5.41) is 3.01. The molecule has 3 nitrogen and oxygen atoms in total. The summed E-state index contributed by atoms with van der Waals surface area (Å²) in [6.45, 7) is 10.8. The van der Waals surface area contributed by atoms with Crippen molar-refractivity contribution in [3.63, 3.8) is 0 Å². The molecule has 0 aliphatic carbocycles. The Hall–Kier alpha value is -1.06. The lowest BCUT2D eigenvalue weighted by molar-refractivity contribution is -0.122. The van der Waals surface area contributed by atoms with Crippen molar-refractivity contribution in [3.05, 3.63) is 29.8 Å². The van der Waals surface area contributed by atoms with Crippen LogP contribution in [0.2, 0.25) is 0 Å². The van der Waals surface area contributed by atoms with E-state index in [1.54, 1.807) is 0 Å². The minimum absolute atomic E-state index is 0.0421. The van der Waals surface area contributed by atoms with Crippen LogP contribution in [0.4, 0.5) is 5.69 Å². The van der Waals surface area contributed by atoms with E-state index in [9.17, 15) is 4.79 Å². The monoisotopic (exact) mass is 296 g/mol. The Kier molecular flexibility index (Phi) is 6.50. The molecule has 0 aliphatic rings. The first-order valence-corrected chi connectivity index (χ1v) is 7.65. The Balaban J connectivity index is 2.88. The van der Waals surface area contributed by atoms with Crippen molar-refractivity contribution in [1.29, 1.82) is 0 Å². The van der Waals surface area contributed by atoms with E-state index in [0.717, 1.165) is 30.9 Å². The lowest BCUT2D eigenvalue weighted by atomic mass is 9.95. The van der Waals surface area contributed by atoms with Gasteiger partial charge in [-0.15, -0.1) is 11.6 Å². The quantitative estimate of drug-likeness (QED) is 0.778. The number of carbonyl (C=O) groups is 1. The van der Waals surface area contributed by atoms with Crippen LogP contribution in [-0.4, -0.2) is 29.8 Å². The molecule has 1 aromatic carbocycles. The molecule has 1 N–H and O–H groups in total. The highest BCUT2D eigenvalue weighted by Crippen LogP contribution is 2.23. The van der Waals surface area contributed by atoms with E-state index >= 15 is 0 Å². The van der Waals surface area contributed by atoms with Crippen LogP contribution >= 0.6 is 11.6 Å². The third-order valence-corrected chi connectivity index (χ3v) is 4.17. The molecule has 0 spiro atoms. The fourth-order valence-electron chi connectivity index (χ4n) is 1.82. The molecular formula is C16H25ClN2O. The van der Waals surface area contributed by atoms with Crippen LogP contribution in [0.25, 0.3) is 0 Å². The van der Waals surface area contributed by atoms with Gasteiger partial charge in [0, 0.05) is 18.1 Å². The van der Waals surface area contributed by atoms with Gasteiger partial charge < -0.3 is 5.32 Å². The zero-order chi connectivity index (χ0) is 15.2. The molecule has 0 fully saturated rings. The van der Waals surface area contributed by atoms with E-state index in [0.29, 0.717) is 5.88 Å². The summed E-state index contributed by atoms with van der Waals surface area (Å²) in [6.07, 6.45) is 0. The standard InChI is InChI=1S/C16H25ClN2O/c1-5-19(6-2)11-13-9-7-8-10-14(13)18-15(20)16(3,4)12-17/h7-10H,5-6,11-12H2,1-4H3,(H,18,20). The molecule has 0 atom stereocenters. The number of amides is 1. The van der Waals surface area contributed by atoms with Gasteiger partial charge in [0.05, 0.1) is 5.41 Å². The number of hydrogen-bond acceptors (Lipinski definition) is 2. The Morgan fingerprint density at radius 1 is 1.25 bits per heavy atom. The molecule has 0 saturated heterocycles. The molecule has 0 heterocycles. The maximum Gasteiger partial charge on any atom is 0.231 e. The van der Waals surface area contributed by atoms with Gasteiger partial charge in [-0.2, -0.15) is 0 Å². The number of anilines is 1. The summed E-state index contributed by atoms with van der Waals surface area (Å²) in [7, 11) is 0. The van der Waals surface area contributed by atoms with Crippen LogP contribution in [0, 0.1) is 5.41 Å². The number of halogens is 1. The Morgan fingerprint density at radius 3 is 2.40 bits per heavy atom. The maximum absolute atomic E-state index is 12.2. The van der Waals surface area contributed by atoms with E-state index in [-0.39, 0.29) is 5.91 Å². The minimum Gasteiger partial charge on any atom is -0.325 e. The Morgan fingerprint density at radius 2 is 1.85 bits per heavy atom. The van der Waals surface area contributed by atoms with Gasteiger partial charge >= 0.3 is 0 Å². The predicted molar refractivity (Wildman–Crippen MR) is 86.2 cm³/mol. The van der Waals surface area contributed by atoms with Gasteiger partial charge in [-0.3, -0.25) is 9.69 Å². The van der Waals surface area contributed by atoms with E-state index in [1.807, 2.05) is 32.0 Å². The van der Waals surface area contributed by atoms with Crippen molar-refractivity contribution in [3.8, 4) is 0 Å². The second kappa shape index (κ2) is 7.65. The number of benzene rings is 1. The van der Waals surface area contributed by atoms with Crippen LogP contribution in [0.3, 0.4) is 0 Å². The van der Waals surface area contributed by atoms with Crippen LogP contribution in [-0.2, 0) is 11.3 Å². The first-order chi connectivity index (χ1) is 9.44. The molecule has 0 aliphatic heterocycles. The van der Waals surface area contributed by atoms with Crippen LogP contribution in [0.15, 0.2) is 24.3 Å². The largest absolute Gasteiger partial charge is 0.325 e. The molecule has 0 radical (unpaired) electrons. The van der Waals surface area contributed by atoms with Crippen molar-refractivity contribution in [2.75, 3.05) is 24.3 Å². The van der Waals surface area contributed by atoms with Gasteiger partial charge in [0.1, 0.15) is 0 Å². The molecule has 112 valence electrons. The van der Waals surface area contributed by atoms with Crippen molar-refractivity contribution >= 4 is 23.2 Å². The van der Waals surface area contributed by atoms with Gasteiger partial charge in [0.15, 0.2) is 0 Å². The molecule has 0 aromatic heterocycles. The van der Waals surface area contributed by atoms with Gasteiger partial charge in [0.2, 0.25) is 5.91 Å². The van der Waals surface area contributed by atoms with E-state index in [1.165, 1.54) is 0 Å². The third-order valence-electron chi connectivity index (χ3n) is 3.50. The summed E-state index contributed by atoms with van der Waals surface area (Å²) in [5.74, 6) is 0.260. The number of nitrogens with zero attached hydrogens (tertiary/aromatic N) is 1. The summed E-state index contributed by atoms with van der Waals surface area (Å²) in [4.78, 5) is 14.6. The number of carbonyl (C=O) groups excluding carboxylic acids is 1. The molecular weight excluding hydrogens is 272 g/mol. The highest BCUT2D eigenvalue weighted by molar-refractivity contribution is 6.20. The molecule has 0 bridgehead atoms. The SMILES string of the molecule is CCN(CC)Cc1ccccc1NC(=O)C(C)(C)CCl. The number of para-hydroxylation sites is 1. The maximum atomic E-state index is 12.2. The minimum atomic E-state index is -0.566. The van der Waals surface area contributed by atoms with Crippen LogP contribution in [0.1, 0.15) is 33.3 Å². The van der Waals surface area contributed by atoms with Crippen molar-refractivity contribution in [2.24, 2.45) is 5.41 Å². The summed E-state index contributed by atoms with van der Waals surface area (Å²) in [6, 6.07) is 7.94. The molecule has 0 unspecified atom stereocenters. The number of alkyl halides is 1. The third kappa shape index (κ3) is 4.50. The first-order valence-electron chi connectivity index (χ1n) is 7.12. The topological polar surface area (TPSA) is 32.3 Å².